The lowest BCUT2D eigenvalue weighted by Gasteiger charge is -2.33. The van der Waals surface area contributed by atoms with E-state index >= 15 is 0 Å². The molecule has 1 aliphatic carbocycles. The van der Waals surface area contributed by atoms with E-state index in [0.717, 1.165) is 42.7 Å². The van der Waals surface area contributed by atoms with E-state index < -0.39 is 28.5 Å². The molecule has 1 saturated carbocycles. The first kappa shape index (κ1) is 30.8. The Labute approximate surface area is 240 Å². The monoisotopic (exact) mass is 599 g/mol. The molecule has 0 aliphatic heterocycles. The standard InChI is InChI=1S/C27H35Cl2N3O6S/c1-18(27(34)30-20-8-6-5-7-9-20)31(16-19-10-12-22(28)23(29)14-19)26(33)17-32(39(4,35)36)21-11-13-24(37-2)25(15-21)38-3/h10-15,18,20H,5-9,16-17H2,1-4H3,(H,30,34). The molecule has 214 valence electrons. The molecule has 1 fully saturated rings. The van der Waals surface area contributed by atoms with E-state index in [4.69, 9.17) is 32.7 Å². The molecule has 2 aromatic carbocycles. The molecular formula is C27H35Cl2N3O6S. The predicted octanol–water partition coefficient (Wildman–Crippen LogP) is 4.64. The van der Waals surface area contributed by atoms with E-state index in [2.05, 4.69) is 5.32 Å². The van der Waals surface area contributed by atoms with Gasteiger partial charge in [-0.15, -0.1) is 0 Å². The zero-order chi connectivity index (χ0) is 28.7. The van der Waals surface area contributed by atoms with Crippen LogP contribution < -0.4 is 19.1 Å². The maximum Gasteiger partial charge on any atom is 0.244 e. The Morgan fingerprint density at radius 2 is 1.67 bits per heavy atom. The number of rotatable bonds is 11. The van der Waals surface area contributed by atoms with Crippen molar-refractivity contribution in [1.82, 2.24) is 10.2 Å². The Morgan fingerprint density at radius 3 is 2.26 bits per heavy atom. The number of carbonyl (C=O) groups excluding carboxylic acids is 2. The first-order valence-corrected chi connectivity index (χ1v) is 15.3. The van der Waals surface area contributed by atoms with Crippen LogP contribution in [-0.4, -0.2) is 64.2 Å². The lowest BCUT2D eigenvalue weighted by Crippen LogP contribution is -2.52. The molecule has 2 amide bonds. The number of amides is 2. The van der Waals surface area contributed by atoms with Gasteiger partial charge in [0.15, 0.2) is 11.5 Å². The molecule has 0 spiro atoms. The normalized spacial score (nSPS) is 14.8. The van der Waals surface area contributed by atoms with Gasteiger partial charge in [-0.05, 0) is 49.6 Å². The van der Waals surface area contributed by atoms with E-state index in [1.807, 2.05) is 0 Å². The average molecular weight is 601 g/mol. The third-order valence-electron chi connectivity index (χ3n) is 6.79. The summed E-state index contributed by atoms with van der Waals surface area (Å²) in [5, 5.41) is 3.73. The maximum absolute atomic E-state index is 13.8. The van der Waals surface area contributed by atoms with E-state index in [1.165, 1.54) is 31.3 Å². The zero-order valence-electron chi connectivity index (χ0n) is 22.6. The van der Waals surface area contributed by atoms with Gasteiger partial charge >= 0.3 is 0 Å². The fourth-order valence-electron chi connectivity index (χ4n) is 4.58. The fraction of sp³-hybridized carbons (Fsp3) is 0.481. The maximum atomic E-state index is 13.8. The molecule has 0 aromatic heterocycles. The van der Waals surface area contributed by atoms with Gasteiger partial charge in [0.05, 0.1) is 36.2 Å². The molecule has 1 atom stereocenters. The number of ether oxygens (including phenoxy) is 2. The highest BCUT2D eigenvalue weighted by Gasteiger charge is 2.31. The summed E-state index contributed by atoms with van der Waals surface area (Å²) in [6.07, 6.45) is 6.02. The van der Waals surface area contributed by atoms with Crippen molar-refractivity contribution in [1.29, 1.82) is 0 Å². The summed E-state index contributed by atoms with van der Waals surface area (Å²) in [5.41, 5.74) is 0.865. The lowest BCUT2D eigenvalue weighted by molar-refractivity contribution is -0.139. The van der Waals surface area contributed by atoms with E-state index in [9.17, 15) is 18.0 Å². The number of anilines is 1. The van der Waals surface area contributed by atoms with Gasteiger partial charge < -0.3 is 19.7 Å². The average Bonchev–Trinajstić information content (AvgIpc) is 2.91. The molecule has 0 bridgehead atoms. The van der Waals surface area contributed by atoms with Crippen LogP contribution in [0.1, 0.15) is 44.6 Å². The Balaban J connectivity index is 1.92. The van der Waals surface area contributed by atoms with Gasteiger partial charge in [0.2, 0.25) is 21.8 Å². The van der Waals surface area contributed by atoms with Crippen LogP contribution in [0.3, 0.4) is 0 Å². The summed E-state index contributed by atoms with van der Waals surface area (Å²) in [4.78, 5) is 28.4. The smallest absolute Gasteiger partial charge is 0.244 e. The van der Waals surface area contributed by atoms with Crippen molar-refractivity contribution in [3.05, 3.63) is 52.0 Å². The van der Waals surface area contributed by atoms with Crippen LogP contribution in [0.25, 0.3) is 0 Å². The van der Waals surface area contributed by atoms with Gasteiger partial charge in [-0.1, -0.05) is 48.5 Å². The second-order valence-electron chi connectivity index (χ2n) is 9.60. The molecule has 2 aromatic rings. The molecule has 0 heterocycles. The van der Waals surface area contributed by atoms with Crippen LogP contribution in [0.15, 0.2) is 36.4 Å². The summed E-state index contributed by atoms with van der Waals surface area (Å²) in [5.74, 6) is -0.140. The SMILES string of the molecule is COc1ccc(N(CC(=O)N(Cc2ccc(Cl)c(Cl)c2)C(C)C(=O)NC2CCCCC2)S(C)(=O)=O)cc1OC. The number of benzene rings is 2. The predicted molar refractivity (Wildman–Crippen MR) is 153 cm³/mol. The first-order valence-electron chi connectivity index (χ1n) is 12.7. The molecule has 1 N–H and O–H groups in total. The van der Waals surface area contributed by atoms with Crippen molar-refractivity contribution in [2.75, 3.05) is 31.3 Å². The topological polar surface area (TPSA) is 105 Å². The molecule has 3 rings (SSSR count). The minimum Gasteiger partial charge on any atom is -0.493 e. The molecule has 9 nitrogen and oxygen atoms in total. The van der Waals surface area contributed by atoms with Gasteiger partial charge in [0, 0.05) is 18.7 Å². The fourth-order valence-corrected chi connectivity index (χ4v) is 5.74. The van der Waals surface area contributed by atoms with Gasteiger partial charge in [-0.3, -0.25) is 13.9 Å². The second-order valence-corrected chi connectivity index (χ2v) is 12.3. The van der Waals surface area contributed by atoms with Crippen molar-refractivity contribution in [2.24, 2.45) is 0 Å². The van der Waals surface area contributed by atoms with Crippen molar-refractivity contribution in [3.8, 4) is 11.5 Å². The highest BCUT2D eigenvalue weighted by atomic mass is 35.5. The van der Waals surface area contributed by atoms with E-state index in [0.29, 0.717) is 27.1 Å². The van der Waals surface area contributed by atoms with E-state index in [-0.39, 0.29) is 24.2 Å². The molecule has 12 heteroatoms. The Bertz CT molecular complexity index is 1280. The highest BCUT2D eigenvalue weighted by Crippen LogP contribution is 2.32. The Hall–Kier alpha value is -2.69. The van der Waals surface area contributed by atoms with E-state index in [1.54, 1.807) is 31.2 Å². The second kappa shape index (κ2) is 13.6. The van der Waals surface area contributed by atoms with Gasteiger partial charge in [-0.2, -0.15) is 0 Å². The van der Waals surface area contributed by atoms with Crippen LogP contribution in [0.4, 0.5) is 5.69 Å². The number of nitrogens with zero attached hydrogens (tertiary/aromatic N) is 2. The minimum absolute atomic E-state index is 0.0263. The third kappa shape index (κ3) is 8.16. The van der Waals surface area contributed by atoms with Crippen LogP contribution in [0.5, 0.6) is 11.5 Å². The summed E-state index contributed by atoms with van der Waals surface area (Å²) in [6.45, 7) is 1.13. The number of methoxy groups -OCH3 is 2. The molecule has 0 saturated heterocycles. The molecule has 1 aliphatic rings. The van der Waals surface area contributed by atoms with Gasteiger partial charge in [0.1, 0.15) is 12.6 Å². The van der Waals surface area contributed by atoms with Crippen LogP contribution >= 0.6 is 23.2 Å². The summed E-state index contributed by atoms with van der Waals surface area (Å²) in [7, 11) is -0.993. The lowest BCUT2D eigenvalue weighted by atomic mass is 9.95. The summed E-state index contributed by atoms with van der Waals surface area (Å²) < 4.78 is 37.2. The van der Waals surface area contributed by atoms with Crippen LogP contribution in [0.2, 0.25) is 10.0 Å². The molecule has 1 unspecified atom stereocenters. The minimum atomic E-state index is -3.89. The van der Waals surface area contributed by atoms with Crippen molar-refractivity contribution < 1.29 is 27.5 Å². The largest absolute Gasteiger partial charge is 0.493 e. The number of nitrogens with one attached hydrogen (secondary N) is 1. The van der Waals surface area contributed by atoms with Gasteiger partial charge in [0.25, 0.3) is 0 Å². The Kier molecular flexibility index (Phi) is 10.7. The van der Waals surface area contributed by atoms with Crippen LogP contribution in [0, 0.1) is 0 Å². The molecule has 0 radical (unpaired) electrons. The number of hydrogen-bond acceptors (Lipinski definition) is 6. The molecular weight excluding hydrogens is 565 g/mol. The number of carbonyl (C=O) groups is 2. The highest BCUT2D eigenvalue weighted by molar-refractivity contribution is 7.92. The van der Waals surface area contributed by atoms with Crippen molar-refractivity contribution in [2.45, 2.75) is 57.7 Å². The number of hydrogen-bond donors (Lipinski definition) is 1. The third-order valence-corrected chi connectivity index (χ3v) is 8.67. The quantitative estimate of drug-likeness (QED) is 0.403. The zero-order valence-corrected chi connectivity index (χ0v) is 24.9. The molecule has 39 heavy (non-hydrogen) atoms. The Morgan fingerprint density at radius 1 is 1.00 bits per heavy atom. The first-order chi connectivity index (χ1) is 18.4. The summed E-state index contributed by atoms with van der Waals surface area (Å²) in [6, 6.07) is 8.69. The number of sulfonamides is 1. The number of halogens is 2. The van der Waals surface area contributed by atoms with Crippen LogP contribution in [-0.2, 0) is 26.2 Å². The van der Waals surface area contributed by atoms with Crippen molar-refractivity contribution in [3.63, 3.8) is 0 Å². The van der Waals surface area contributed by atoms with Crippen molar-refractivity contribution >= 4 is 50.7 Å². The summed E-state index contributed by atoms with van der Waals surface area (Å²) >= 11 is 12.3. The van der Waals surface area contributed by atoms with Gasteiger partial charge in [-0.25, -0.2) is 8.42 Å².